The molecule has 0 fully saturated rings. The van der Waals surface area contributed by atoms with Crippen molar-refractivity contribution in [3.05, 3.63) is 0 Å². The zero-order chi connectivity index (χ0) is 5.15. The molecule has 2 N–H and O–H groups in total. The van der Waals surface area contributed by atoms with E-state index in [2.05, 4.69) is 0 Å². The second-order valence-electron chi connectivity index (χ2n) is 1.09. The van der Waals surface area contributed by atoms with Crippen LogP contribution in [0.4, 0.5) is 4.39 Å². The van der Waals surface area contributed by atoms with E-state index in [1.165, 1.54) is 6.92 Å². The van der Waals surface area contributed by atoms with Crippen molar-refractivity contribution in [3.63, 3.8) is 0 Å². The molecule has 0 rings (SSSR count). The molecule has 0 spiro atoms. The molecule has 2 nitrogen and oxygen atoms in total. The monoisotopic (exact) mass is 91.0 g/mol. The number of hydrogen-bond acceptors (Lipinski definition) is 2. The van der Waals surface area contributed by atoms with E-state index in [1.54, 1.807) is 0 Å². The largest absolute Gasteiger partial charge is 0.319 e. The third-order valence-corrected chi connectivity index (χ3v) is 0.358. The van der Waals surface area contributed by atoms with Crippen molar-refractivity contribution in [1.82, 2.24) is 0 Å². The summed E-state index contributed by atoms with van der Waals surface area (Å²) in [4.78, 5) is 9.35. The topological polar surface area (TPSA) is 43.1 Å². The lowest BCUT2D eigenvalue weighted by molar-refractivity contribution is -0.130. The smallest absolute Gasteiger partial charge is 0.317 e. The summed E-state index contributed by atoms with van der Waals surface area (Å²) in [6.07, 6.45) is 0. The predicted molar refractivity (Wildman–Crippen MR) is 19.8 cm³/mol. The van der Waals surface area contributed by atoms with Crippen LogP contribution < -0.4 is 5.73 Å². The third kappa shape index (κ3) is 1.84. The van der Waals surface area contributed by atoms with Crippen LogP contribution in [0, 0.1) is 0 Å². The number of nitrogens with two attached hydrogens (primary N) is 1. The highest BCUT2D eigenvalue weighted by atomic mass is 19.1. The fraction of sp³-hybridized carbons (Fsp3) is 0.667. The molecule has 1 atom stereocenters. The summed E-state index contributed by atoms with van der Waals surface area (Å²) in [7, 11) is 0. The Morgan fingerprint density at radius 2 is 2.17 bits per heavy atom. The van der Waals surface area contributed by atoms with Gasteiger partial charge in [-0.25, -0.2) is 0 Å². The molecule has 0 saturated carbocycles. The number of carbonyl (C=O) groups excluding carboxylic acids is 1. The summed E-state index contributed by atoms with van der Waals surface area (Å²) in [6.45, 7) is 1.29. The summed E-state index contributed by atoms with van der Waals surface area (Å²) < 4.78 is 11.1. The van der Waals surface area contributed by atoms with E-state index in [-0.39, 0.29) is 0 Å². The first kappa shape index (κ1) is 5.56. The van der Waals surface area contributed by atoms with Crippen molar-refractivity contribution in [2.24, 2.45) is 5.73 Å². The van der Waals surface area contributed by atoms with E-state index in [1.807, 2.05) is 0 Å². The van der Waals surface area contributed by atoms with Gasteiger partial charge in [0, 0.05) is 0 Å². The molecule has 0 aromatic heterocycles. The second kappa shape index (κ2) is 1.87. The Bertz CT molecular complexity index is 61.8. The van der Waals surface area contributed by atoms with Gasteiger partial charge >= 0.3 is 6.04 Å². The number of halogens is 1. The molecule has 0 aromatic rings. The summed E-state index contributed by atoms with van der Waals surface area (Å²) in [5.74, 6) is 0. The van der Waals surface area contributed by atoms with Crippen molar-refractivity contribution in [2.45, 2.75) is 13.0 Å². The van der Waals surface area contributed by atoms with Gasteiger partial charge in [0.1, 0.15) is 0 Å². The van der Waals surface area contributed by atoms with Gasteiger partial charge in [0.15, 0.2) is 0 Å². The molecule has 0 bridgehead atoms. The van der Waals surface area contributed by atoms with E-state index in [9.17, 15) is 9.18 Å². The molecular formula is C3H6FNO. The minimum absolute atomic E-state index is 0.954. The molecule has 0 heterocycles. The van der Waals surface area contributed by atoms with E-state index < -0.39 is 12.1 Å². The van der Waals surface area contributed by atoms with E-state index in [0.717, 1.165) is 0 Å². The van der Waals surface area contributed by atoms with Gasteiger partial charge in [-0.15, -0.1) is 0 Å². The van der Waals surface area contributed by atoms with Gasteiger partial charge in [0.2, 0.25) is 0 Å². The minimum Gasteiger partial charge on any atom is -0.319 e. The zero-order valence-corrected chi connectivity index (χ0v) is 3.44. The maximum Gasteiger partial charge on any atom is 0.317 e. The van der Waals surface area contributed by atoms with Gasteiger partial charge in [-0.2, -0.15) is 4.39 Å². The summed E-state index contributed by atoms with van der Waals surface area (Å²) in [5.41, 5.74) is 4.71. The van der Waals surface area contributed by atoms with Gasteiger partial charge in [-0.05, 0) is 6.92 Å². The van der Waals surface area contributed by atoms with Crippen LogP contribution in [-0.2, 0) is 4.79 Å². The number of rotatable bonds is 1. The third-order valence-electron chi connectivity index (χ3n) is 0.358. The Morgan fingerprint density at radius 3 is 2.17 bits per heavy atom. The normalized spacial score (nSPS) is 13.8. The molecule has 36 valence electrons. The van der Waals surface area contributed by atoms with Crippen molar-refractivity contribution in [1.29, 1.82) is 0 Å². The lowest BCUT2D eigenvalue weighted by Crippen LogP contribution is -2.22. The average Bonchev–Trinajstić information content (AvgIpc) is 1.36. The molecule has 0 aliphatic heterocycles. The summed E-state index contributed by atoms with van der Waals surface area (Å²) >= 11 is 0. The van der Waals surface area contributed by atoms with Gasteiger partial charge in [-0.1, -0.05) is 0 Å². The average molecular weight is 91.1 g/mol. The second-order valence-corrected chi connectivity index (χ2v) is 1.09. The van der Waals surface area contributed by atoms with Gasteiger partial charge in [0.25, 0.3) is 0 Å². The standard InChI is InChI=1S/C3H6FNO/c1-2(5)3(4)6/h2H,5H2,1H3. The minimum atomic E-state index is -1.46. The first-order valence-corrected chi connectivity index (χ1v) is 1.59. The lowest BCUT2D eigenvalue weighted by atomic mass is 10.4. The van der Waals surface area contributed by atoms with Crippen molar-refractivity contribution in [3.8, 4) is 0 Å². The van der Waals surface area contributed by atoms with Gasteiger partial charge in [0.05, 0.1) is 6.04 Å². The Balaban J connectivity index is 3.26. The van der Waals surface area contributed by atoms with Crippen molar-refractivity contribution in [2.75, 3.05) is 0 Å². The highest BCUT2D eigenvalue weighted by molar-refractivity contribution is 5.73. The van der Waals surface area contributed by atoms with E-state index >= 15 is 0 Å². The zero-order valence-electron chi connectivity index (χ0n) is 3.44. The molecular weight excluding hydrogens is 85.0 g/mol. The SMILES string of the molecule is CC(N)C(=O)F. The van der Waals surface area contributed by atoms with Crippen molar-refractivity contribution < 1.29 is 9.18 Å². The highest BCUT2D eigenvalue weighted by Crippen LogP contribution is 1.76. The van der Waals surface area contributed by atoms with Crippen LogP contribution in [0.5, 0.6) is 0 Å². The van der Waals surface area contributed by atoms with Crippen molar-refractivity contribution >= 4 is 6.04 Å². The van der Waals surface area contributed by atoms with Gasteiger partial charge in [-0.3, -0.25) is 4.79 Å². The molecule has 0 aliphatic rings. The first-order chi connectivity index (χ1) is 2.64. The fourth-order valence-corrected chi connectivity index (χ4v) is 0. The molecule has 1 unspecified atom stereocenters. The number of carbonyl (C=O) groups is 1. The first-order valence-electron chi connectivity index (χ1n) is 1.59. The van der Waals surface area contributed by atoms with Crippen LogP contribution in [-0.4, -0.2) is 12.1 Å². The quantitative estimate of drug-likeness (QED) is 0.455. The van der Waals surface area contributed by atoms with Crippen LogP contribution in [0.2, 0.25) is 0 Å². The summed E-state index contributed by atoms with van der Waals surface area (Å²) in [6, 6.07) is -2.42. The molecule has 6 heavy (non-hydrogen) atoms. The van der Waals surface area contributed by atoms with Gasteiger partial charge < -0.3 is 5.73 Å². The molecule has 0 radical (unpaired) electrons. The molecule has 0 amide bonds. The van der Waals surface area contributed by atoms with Crippen LogP contribution in [0.1, 0.15) is 6.92 Å². The fourth-order valence-electron chi connectivity index (χ4n) is 0. The molecule has 0 aliphatic carbocycles. The maximum atomic E-state index is 11.1. The highest BCUT2D eigenvalue weighted by Gasteiger charge is 2.01. The van der Waals surface area contributed by atoms with E-state index in [0.29, 0.717) is 0 Å². The van der Waals surface area contributed by atoms with E-state index in [4.69, 9.17) is 5.73 Å². The van der Waals surface area contributed by atoms with Crippen LogP contribution in [0.3, 0.4) is 0 Å². The predicted octanol–water partition coefficient (Wildman–Crippen LogP) is -0.170. The van der Waals surface area contributed by atoms with Crippen LogP contribution in [0.25, 0.3) is 0 Å². The number of hydrogen-bond donors (Lipinski definition) is 1. The Labute approximate surface area is 35.1 Å². The van der Waals surface area contributed by atoms with Crippen LogP contribution >= 0.6 is 0 Å². The maximum absolute atomic E-state index is 11.1. The molecule has 0 saturated heterocycles. The molecule has 0 aromatic carbocycles. The molecule has 3 heteroatoms. The Morgan fingerprint density at radius 1 is 2.00 bits per heavy atom. The lowest BCUT2D eigenvalue weighted by Gasteiger charge is -1.87. The van der Waals surface area contributed by atoms with Crippen LogP contribution in [0.15, 0.2) is 0 Å². The summed E-state index contributed by atoms with van der Waals surface area (Å²) in [5, 5.41) is 0. The Hall–Kier alpha value is -0.440. The Kier molecular flexibility index (Phi) is 1.73.